The van der Waals surface area contributed by atoms with E-state index in [9.17, 15) is 18.0 Å². The number of carboxylic acids is 1. The highest BCUT2D eigenvalue weighted by atomic mass is 19.4. The minimum atomic E-state index is -4.57. The van der Waals surface area contributed by atoms with E-state index in [1.54, 1.807) is 19.9 Å². The van der Waals surface area contributed by atoms with E-state index in [4.69, 9.17) is 9.84 Å². The van der Waals surface area contributed by atoms with Crippen LogP contribution in [0.25, 0.3) is 0 Å². The first-order valence-corrected chi connectivity index (χ1v) is 5.78. The Labute approximate surface area is 108 Å². The lowest BCUT2D eigenvalue weighted by Gasteiger charge is -2.32. The minimum absolute atomic E-state index is 0.0565. The van der Waals surface area contributed by atoms with Crippen molar-refractivity contribution in [3.8, 4) is 5.75 Å². The van der Waals surface area contributed by atoms with Crippen LogP contribution in [0.4, 0.5) is 13.2 Å². The minimum Gasteiger partial charge on any atom is -0.481 e. The Bertz CT molecular complexity index is 523. The van der Waals surface area contributed by atoms with E-state index in [2.05, 4.69) is 0 Å². The van der Waals surface area contributed by atoms with Gasteiger partial charge in [-0.3, -0.25) is 4.79 Å². The van der Waals surface area contributed by atoms with Crippen LogP contribution in [0.5, 0.6) is 5.75 Å². The van der Waals surface area contributed by atoms with E-state index >= 15 is 0 Å². The van der Waals surface area contributed by atoms with Gasteiger partial charge in [-0.1, -0.05) is 12.1 Å². The van der Waals surface area contributed by atoms with Crippen molar-refractivity contribution in [3.63, 3.8) is 0 Å². The quantitative estimate of drug-likeness (QED) is 0.855. The van der Waals surface area contributed by atoms with Gasteiger partial charge in [0.1, 0.15) is 5.75 Å². The third-order valence-corrected chi connectivity index (χ3v) is 3.46. The highest BCUT2D eigenvalue weighted by molar-refractivity contribution is 5.78. The van der Waals surface area contributed by atoms with Gasteiger partial charge in [-0.2, -0.15) is 13.2 Å². The number of alkyl halides is 3. The molecule has 0 aliphatic carbocycles. The molecule has 1 aliphatic rings. The summed E-state index contributed by atoms with van der Waals surface area (Å²) in [5, 5.41) is 9.11. The molecule has 19 heavy (non-hydrogen) atoms. The third-order valence-electron chi connectivity index (χ3n) is 3.46. The van der Waals surface area contributed by atoms with Crippen molar-refractivity contribution in [2.24, 2.45) is 0 Å². The number of carbonyl (C=O) groups is 1. The smallest absolute Gasteiger partial charge is 0.425 e. The topological polar surface area (TPSA) is 46.5 Å². The Kier molecular flexibility index (Phi) is 3.20. The number of hydrogen-bond donors (Lipinski definition) is 1. The molecule has 1 aliphatic heterocycles. The summed E-state index contributed by atoms with van der Waals surface area (Å²) in [6.07, 6.45) is -7.22. The predicted octanol–water partition coefficient (Wildman–Crippen LogP) is 3.19. The SMILES string of the molecule is Cc1ccc2c(c1C)OC(C(F)(F)F)CC2C(=O)O. The third kappa shape index (κ3) is 2.39. The summed E-state index contributed by atoms with van der Waals surface area (Å²) in [6.45, 7) is 3.37. The van der Waals surface area contributed by atoms with Crippen LogP contribution in [0.3, 0.4) is 0 Å². The van der Waals surface area contributed by atoms with Gasteiger partial charge in [-0.15, -0.1) is 0 Å². The average molecular weight is 274 g/mol. The normalized spacial score (nSPS) is 22.6. The van der Waals surface area contributed by atoms with E-state index in [1.807, 2.05) is 0 Å². The van der Waals surface area contributed by atoms with E-state index < -0.39 is 30.6 Å². The summed E-state index contributed by atoms with van der Waals surface area (Å²) in [5.74, 6) is -2.39. The summed E-state index contributed by atoms with van der Waals surface area (Å²) in [4.78, 5) is 11.2. The van der Waals surface area contributed by atoms with Crippen LogP contribution in [0.1, 0.15) is 29.0 Å². The second-order valence-corrected chi connectivity index (χ2v) is 4.70. The van der Waals surface area contributed by atoms with Gasteiger partial charge in [0.15, 0.2) is 6.10 Å². The summed E-state index contributed by atoms with van der Waals surface area (Å²) >= 11 is 0. The zero-order valence-corrected chi connectivity index (χ0v) is 10.4. The molecule has 0 spiro atoms. The average Bonchev–Trinajstić information content (AvgIpc) is 2.31. The lowest BCUT2D eigenvalue weighted by molar-refractivity contribution is -0.202. The summed E-state index contributed by atoms with van der Waals surface area (Å²) in [5.41, 5.74) is 1.64. The molecule has 0 fully saturated rings. The van der Waals surface area contributed by atoms with Crippen LogP contribution in [0.2, 0.25) is 0 Å². The molecule has 0 aromatic heterocycles. The van der Waals surface area contributed by atoms with Crippen LogP contribution in [0.15, 0.2) is 12.1 Å². The van der Waals surface area contributed by atoms with Crippen molar-refractivity contribution in [1.29, 1.82) is 0 Å². The van der Waals surface area contributed by atoms with Crippen LogP contribution in [-0.2, 0) is 4.79 Å². The summed E-state index contributed by atoms with van der Waals surface area (Å²) in [7, 11) is 0. The molecule has 2 unspecified atom stereocenters. The maximum absolute atomic E-state index is 12.8. The Morgan fingerprint density at radius 1 is 1.37 bits per heavy atom. The maximum Gasteiger partial charge on any atom is 0.425 e. The number of rotatable bonds is 1. The number of halogens is 3. The highest BCUT2D eigenvalue weighted by Gasteiger charge is 2.48. The largest absolute Gasteiger partial charge is 0.481 e. The number of carboxylic acid groups (broad SMARTS) is 1. The van der Waals surface area contributed by atoms with Crippen LogP contribution < -0.4 is 4.74 Å². The fourth-order valence-corrected chi connectivity index (χ4v) is 2.21. The second-order valence-electron chi connectivity index (χ2n) is 4.70. The molecular weight excluding hydrogens is 261 g/mol. The number of aryl methyl sites for hydroxylation is 1. The van der Waals surface area contributed by atoms with E-state index in [-0.39, 0.29) is 5.75 Å². The molecule has 0 saturated heterocycles. The molecule has 0 bridgehead atoms. The van der Waals surface area contributed by atoms with Crippen LogP contribution >= 0.6 is 0 Å². The van der Waals surface area contributed by atoms with Gasteiger partial charge < -0.3 is 9.84 Å². The van der Waals surface area contributed by atoms with Crippen molar-refractivity contribution in [2.75, 3.05) is 0 Å². The Morgan fingerprint density at radius 3 is 2.53 bits per heavy atom. The molecule has 6 heteroatoms. The first-order valence-electron chi connectivity index (χ1n) is 5.78. The fourth-order valence-electron chi connectivity index (χ4n) is 2.21. The van der Waals surface area contributed by atoms with Crippen LogP contribution in [-0.4, -0.2) is 23.4 Å². The van der Waals surface area contributed by atoms with Gasteiger partial charge >= 0.3 is 12.1 Å². The molecule has 1 N–H and O–H groups in total. The van der Waals surface area contributed by atoms with E-state index in [1.165, 1.54) is 6.07 Å². The van der Waals surface area contributed by atoms with Gasteiger partial charge in [0.05, 0.1) is 5.92 Å². The number of aliphatic carboxylic acids is 1. The number of ether oxygens (including phenoxy) is 1. The highest BCUT2D eigenvalue weighted by Crippen LogP contribution is 2.43. The van der Waals surface area contributed by atoms with Gasteiger partial charge in [0.2, 0.25) is 0 Å². The Hall–Kier alpha value is -1.72. The van der Waals surface area contributed by atoms with Crippen molar-refractivity contribution in [1.82, 2.24) is 0 Å². The molecule has 0 radical (unpaired) electrons. The molecular formula is C13H13F3O3. The molecule has 1 aromatic rings. The zero-order chi connectivity index (χ0) is 14.4. The lowest BCUT2D eigenvalue weighted by Crippen LogP contribution is -2.40. The Balaban J connectivity index is 2.53. The fraction of sp³-hybridized carbons (Fsp3) is 0.462. The molecule has 0 saturated carbocycles. The molecule has 104 valence electrons. The second kappa shape index (κ2) is 4.43. The van der Waals surface area contributed by atoms with Crippen LogP contribution in [0, 0.1) is 13.8 Å². The maximum atomic E-state index is 12.8. The van der Waals surface area contributed by atoms with Gasteiger partial charge in [0, 0.05) is 12.0 Å². The standard InChI is InChI=1S/C13H13F3O3/c1-6-3-4-8-9(12(17)18)5-10(13(14,15)16)19-11(8)7(6)2/h3-4,9-10H,5H2,1-2H3,(H,17,18). The number of fused-ring (bicyclic) bond motifs is 1. The summed E-state index contributed by atoms with van der Waals surface area (Å²) < 4.78 is 43.4. The molecule has 0 amide bonds. The summed E-state index contributed by atoms with van der Waals surface area (Å²) in [6, 6.07) is 3.23. The predicted molar refractivity (Wildman–Crippen MR) is 61.4 cm³/mol. The van der Waals surface area contributed by atoms with Gasteiger partial charge in [0.25, 0.3) is 0 Å². The number of hydrogen-bond acceptors (Lipinski definition) is 2. The van der Waals surface area contributed by atoms with E-state index in [0.29, 0.717) is 11.1 Å². The zero-order valence-electron chi connectivity index (χ0n) is 10.4. The van der Waals surface area contributed by atoms with Crippen molar-refractivity contribution in [3.05, 3.63) is 28.8 Å². The van der Waals surface area contributed by atoms with Crippen molar-refractivity contribution < 1.29 is 27.8 Å². The lowest BCUT2D eigenvalue weighted by atomic mass is 9.87. The number of benzene rings is 1. The Morgan fingerprint density at radius 2 is 2.00 bits per heavy atom. The first kappa shape index (κ1) is 13.7. The van der Waals surface area contributed by atoms with Gasteiger partial charge in [-0.05, 0) is 25.0 Å². The monoisotopic (exact) mass is 274 g/mol. The molecule has 2 rings (SSSR count). The molecule has 3 nitrogen and oxygen atoms in total. The van der Waals surface area contributed by atoms with Crippen molar-refractivity contribution in [2.45, 2.75) is 38.5 Å². The van der Waals surface area contributed by atoms with Gasteiger partial charge in [-0.25, -0.2) is 0 Å². The van der Waals surface area contributed by atoms with E-state index in [0.717, 1.165) is 5.56 Å². The van der Waals surface area contributed by atoms with Crippen molar-refractivity contribution >= 4 is 5.97 Å². The molecule has 2 atom stereocenters. The first-order chi connectivity index (χ1) is 8.71. The molecule has 1 heterocycles. The molecule has 1 aromatic carbocycles.